The minimum atomic E-state index is -0.124. The van der Waals surface area contributed by atoms with Crippen molar-refractivity contribution in [1.82, 2.24) is 5.32 Å². The average molecular weight is 349 g/mol. The molecule has 0 aliphatic carbocycles. The first kappa shape index (κ1) is 15.5. The molecule has 0 atom stereocenters. The van der Waals surface area contributed by atoms with E-state index >= 15 is 0 Å². The Balaban J connectivity index is 1.99. The largest absolute Gasteiger partial charge is 0.496 e. The van der Waals surface area contributed by atoms with Crippen LogP contribution >= 0.6 is 15.9 Å². The molecule has 0 spiro atoms. The fraction of sp³-hybridized carbons (Fsp3) is 0.188. The van der Waals surface area contributed by atoms with Crippen LogP contribution in [-0.4, -0.2) is 13.0 Å². The molecule has 0 bridgehead atoms. The summed E-state index contributed by atoms with van der Waals surface area (Å²) < 4.78 is 5.90. The molecule has 0 aromatic heterocycles. The molecule has 0 heterocycles. The van der Waals surface area contributed by atoms with E-state index in [0.29, 0.717) is 24.4 Å². The van der Waals surface area contributed by atoms with Crippen molar-refractivity contribution in [3.05, 3.63) is 63.6 Å². The predicted molar refractivity (Wildman–Crippen MR) is 86.2 cm³/mol. The SMILES string of the molecule is COc1ccc(C(=O)NCc2ccc(CN)cc2)cc1Br. The topological polar surface area (TPSA) is 64.3 Å². The van der Waals surface area contributed by atoms with Gasteiger partial charge in [-0.3, -0.25) is 4.79 Å². The molecule has 110 valence electrons. The van der Waals surface area contributed by atoms with Crippen molar-refractivity contribution in [3.63, 3.8) is 0 Å². The van der Waals surface area contributed by atoms with Gasteiger partial charge in [0.1, 0.15) is 5.75 Å². The summed E-state index contributed by atoms with van der Waals surface area (Å²) in [6.45, 7) is 1.000. The van der Waals surface area contributed by atoms with Gasteiger partial charge in [-0.15, -0.1) is 0 Å². The van der Waals surface area contributed by atoms with E-state index in [1.54, 1.807) is 25.3 Å². The molecule has 0 saturated carbocycles. The maximum atomic E-state index is 12.1. The van der Waals surface area contributed by atoms with E-state index in [1.165, 1.54) is 0 Å². The van der Waals surface area contributed by atoms with Gasteiger partial charge >= 0.3 is 0 Å². The number of carbonyl (C=O) groups is 1. The molecule has 0 unspecified atom stereocenters. The predicted octanol–water partition coefficient (Wildman–Crippen LogP) is 2.85. The number of hydrogen-bond donors (Lipinski definition) is 2. The van der Waals surface area contributed by atoms with Crippen molar-refractivity contribution in [1.29, 1.82) is 0 Å². The standard InChI is InChI=1S/C16H17BrN2O2/c1-21-15-7-6-13(8-14(15)17)16(20)19-10-12-4-2-11(9-18)3-5-12/h2-8H,9-10,18H2,1H3,(H,19,20). The molecular weight excluding hydrogens is 332 g/mol. The molecule has 0 aliphatic heterocycles. The summed E-state index contributed by atoms with van der Waals surface area (Å²) in [4.78, 5) is 12.1. The van der Waals surface area contributed by atoms with Gasteiger partial charge in [0.2, 0.25) is 0 Å². The summed E-state index contributed by atoms with van der Waals surface area (Å²) in [6, 6.07) is 13.1. The van der Waals surface area contributed by atoms with Crippen LogP contribution < -0.4 is 15.8 Å². The third kappa shape index (κ3) is 4.06. The molecule has 0 aliphatic rings. The Bertz CT molecular complexity index is 627. The highest BCUT2D eigenvalue weighted by molar-refractivity contribution is 9.10. The zero-order chi connectivity index (χ0) is 15.2. The van der Waals surface area contributed by atoms with Crippen LogP contribution in [0.1, 0.15) is 21.5 Å². The molecule has 4 nitrogen and oxygen atoms in total. The molecule has 2 rings (SSSR count). The Morgan fingerprint density at radius 2 is 1.86 bits per heavy atom. The van der Waals surface area contributed by atoms with Gasteiger partial charge in [-0.2, -0.15) is 0 Å². The van der Waals surface area contributed by atoms with E-state index in [4.69, 9.17) is 10.5 Å². The molecule has 3 N–H and O–H groups in total. The summed E-state index contributed by atoms with van der Waals surface area (Å²) in [7, 11) is 1.59. The number of methoxy groups -OCH3 is 1. The van der Waals surface area contributed by atoms with Gasteiger partial charge in [-0.1, -0.05) is 24.3 Å². The number of nitrogens with two attached hydrogens (primary N) is 1. The van der Waals surface area contributed by atoms with Crippen molar-refractivity contribution >= 4 is 21.8 Å². The highest BCUT2D eigenvalue weighted by Gasteiger charge is 2.08. The van der Waals surface area contributed by atoms with Crippen LogP contribution in [0.5, 0.6) is 5.75 Å². The van der Waals surface area contributed by atoms with Gasteiger partial charge in [0.05, 0.1) is 11.6 Å². The van der Waals surface area contributed by atoms with E-state index in [9.17, 15) is 4.79 Å². The van der Waals surface area contributed by atoms with E-state index in [2.05, 4.69) is 21.2 Å². The Morgan fingerprint density at radius 3 is 2.43 bits per heavy atom. The van der Waals surface area contributed by atoms with Crippen LogP contribution in [0.2, 0.25) is 0 Å². The van der Waals surface area contributed by atoms with Crippen molar-refractivity contribution < 1.29 is 9.53 Å². The van der Waals surface area contributed by atoms with Crippen LogP contribution in [0, 0.1) is 0 Å². The van der Waals surface area contributed by atoms with E-state index in [1.807, 2.05) is 24.3 Å². The smallest absolute Gasteiger partial charge is 0.251 e. The molecule has 0 saturated heterocycles. The van der Waals surface area contributed by atoms with Crippen LogP contribution in [-0.2, 0) is 13.1 Å². The molecule has 0 fully saturated rings. The van der Waals surface area contributed by atoms with Crippen molar-refractivity contribution in [2.75, 3.05) is 7.11 Å². The van der Waals surface area contributed by atoms with Gasteiger partial charge in [-0.25, -0.2) is 0 Å². The minimum Gasteiger partial charge on any atom is -0.496 e. The third-order valence-corrected chi connectivity index (χ3v) is 3.75. The average Bonchev–Trinajstić information content (AvgIpc) is 2.53. The Hall–Kier alpha value is -1.85. The lowest BCUT2D eigenvalue weighted by Crippen LogP contribution is -2.22. The number of hydrogen-bond acceptors (Lipinski definition) is 3. The summed E-state index contributed by atoms with van der Waals surface area (Å²) in [5.41, 5.74) is 8.24. The van der Waals surface area contributed by atoms with Gasteiger partial charge in [-0.05, 0) is 45.3 Å². The summed E-state index contributed by atoms with van der Waals surface area (Å²) in [6.07, 6.45) is 0. The highest BCUT2D eigenvalue weighted by Crippen LogP contribution is 2.25. The molecule has 2 aromatic carbocycles. The number of benzene rings is 2. The number of nitrogens with one attached hydrogen (secondary N) is 1. The van der Waals surface area contributed by atoms with Crippen molar-refractivity contribution in [2.45, 2.75) is 13.1 Å². The first-order chi connectivity index (χ1) is 10.1. The van der Waals surface area contributed by atoms with Gasteiger partial charge in [0.15, 0.2) is 0 Å². The lowest BCUT2D eigenvalue weighted by atomic mass is 10.1. The Labute approximate surface area is 132 Å². The second-order valence-corrected chi connectivity index (χ2v) is 5.41. The van der Waals surface area contributed by atoms with E-state index in [0.717, 1.165) is 15.6 Å². The number of carbonyl (C=O) groups excluding carboxylic acids is 1. The summed E-state index contributed by atoms with van der Waals surface area (Å²) in [5.74, 6) is 0.574. The Kier molecular flexibility index (Phi) is 5.36. The van der Waals surface area contributed by atoms with E-state index in [-0.39, 0.29) is 5.91 Å². The first-order valence-electron chi connectivity index (χ1n) is 6.53. The number of ether oxygens (including phenoxy) is 1. The zero-order valence-electron chi connectivity index (χ0n) is 11.7. The molecule has 21 heavy (non-hydrogen) atoms. The number of rotatable bonds is 5. The molecule has 0 radical (unpaired) electrons. The highest BCUT2D eigenvalue weighted by atomic mass is 79.9. The molecule has 1 amide bonds. The number of amides is 1. The van der Waals surface area contributed by atoms with Crippen LogP contribution in [0.3, 0.4) is 0 Å². The maximum absolute atomic E-state index is 12.1. The van der Waals surface area contributed by atoms with Crippen molar-refractivity contribution in [2.24, 2.45) is 5.73 Å². The monoisotopic (exact) mass is 348 g/mol. The number of halogens is 1. The summed E-state index contributed by atoms with van der Waals surface area (Å²) in [5, 5.41) is 2.89. The van der Waals surface area contributed by atoms with Gasteiger partial charge in [0.25, 0.3) is 5.91 Å². The van der Waals surface area contributed by atoms with Gasteiger partial charge in [0, 0.05) is 18.7 Å². The molecule has 2 aromatic rings. The van der Waals surface area contributed by atoms with Crippen molar-refractivity contribution in [3.8, 4) is 5.75 Å². The maximum Gasteiger partial charge on any atom is 0.251 e. The lowest BCUT2D eigenvalue weighted by molar-refractivity contribution is 0.0951. The van der Waals surface area contributed by atoms with Crippen LogP contribution in [0.25, 0.3) is 0 Å². The fourth-order valence-corrected chi connectivity index (χ4v) is 2.43. The van der Waals surface area contributed by atoms with E-state index < -0.39 is 0 Å². The second-order valence-electron chi connectivity index (χ2n) is 4.55. The minimum absolute atomic E-state index is 0.124. The molecule has 5 heteroatoms. The van der Waals surface area contributed by atoms with Gasteiger partial charge < -0.3 is 15.8 Å². The fourth-order valence-electron chi connectivity index (χ4n) is 1.89. The van der Waals surface area contributed by atoms with Crippen LogP contribution in [0.4, 0.5) is 0 Å². The summed E-state index contributed by atoms with van der Waals surface area (Å²) >= 11 is 3.37. The molecular formula is C16H17BrN2O2. The normalized spacial score (nSPS) is 10.2. The third-order valence-electron chi connectivity index (χ3n) is 3.13. The Morgan fingerprint density at radius 1 is 1.19 bits per heavy atom. The first-order valence-corrected chi connectivity index (χ1v) is 7.33. The second kappa shape index (κ2) is 7.24. The zero-order valence-corrected chi connectivity index (χ0v) is 13.3. The quantitative estimate of drug-likeness (QED) is 0.873. The van der Waals surface area contributed by atoms with Crippen LogP contribution in [0.15, 0.2) is 46.9 Å². The lowest BCUT2D eigenvalue weighted by Gasteiger charge is -2.08.